The van der Waals surface area contributed by atoms with Gasteiger partial charge in [0.15, 0.2) is 0 Å². The molecule has 1 aliphatic rings. The van der Waals surface area contributed by atoms with Gasteiger partial charge in [-0.05, 0) is 40.3 Å². The highest BCUT2D eigenvalue weighted by atomic mass is 19.1. The van der Waals surface area contributed by atoms with Gasteiger partial charge in [0, 0.05) is 23.3 Å². The fraction of sp³-hybridized carbons (Fsp3) is 0.0556. The summed E-state index contributed by atoms with van der Waals surface area (Å²) in [6.45, 7) is 0. The Bertz CT molecular complexity index is 1330. The number of anilines is 2. The van der Waals surface area contributed by atoms with Gasteiger partial charge in [-0.2, -0.15) is 9.78 Å². The van der Waals surface area contributed by atoms with E-state index in [0.717, 1.165) is 0 Å². The Kier molecular flexibility index (Phi) is 3.84. The maximum absolute atomic E-state index is 13.5. The van der Waals surface area contributed by atoms with Gasteiger partial charge in [-0.1, -0.05) is 17.2 Å². The lowest BCUT2D eigenvalue weighted by molar-refractivity contribution is -0.384. The normalized spacial score (nSPS) is 14.5. The first-order valence-electron chi connectivity index (χ1n) is 8.70. The monoisotopic (exact) mass is 406 g/mol. The molecule has 1 aliphatic heterocycles. The number of hydrogen-bond donors (Lipinski definition) is 2. The number of H-pyrrole nitrogens is 1. The van der Waals surface area contributed by atoms with E-state index < -0.39 is 22.3 Å². The minimum absolute atomic E-state index is 0.0759. The summed E-state index contributed by atoms with van der Waals surface area (Å²) in [6, 6.07) is 10.8. The van der Waals surface area contributed by atoms with Gasteiger partial charge in [-0.15, -0.1) is 0 Å². The van der Waals surface area contributed by atoms with Gasteiger partial charge in [-0.3, -0.25) is 14.9 Å². The number of nitro benzene ring substituents is 1. The molecule has 5 rings (SSSR count). The first-order chi connectivity index (χ1) is 14.5. The lowest BCUT2D eigenvalue weighted by atomic mass is 9.92. The third-order valence-electron chi connectivity index (χ3n) is 4.81. The molecule has 0 amide bonds. The molecule has 0 bridgehead atoms. The molecule has 0 radical (unpaired) electrons. The van der Waals surface area contributed by atoms with Crippen LogP contribution in [0.3, 0.4) is 0 Å². The molecule has 30 heavy (non-hydrogen) atoms. The van der Waals surface area contributed by atoms with Crippen LogP contribution in [0.4, 0.5) is 21.7 Å². The molecule has 4 aromatic rings. The van der Waals surface area contributed by atoms with Crippen LogP contribution < -0.4 is 10.9 Å². The van der Waals surface area contributed by atoms with Crippen LogP contribution in [0.15, 0.2) is 53.3 Å². The minimum atomic E-state index is -0.674. The third kappa shape index (κ3) is 2.70. The predicted octanol–water partition coefficient (Wildman–Crippen LogP) is 2.17. The van der Waals surface area contributed by atoms with Crippen LogP contribution >= 0.6 is 0 Å². The Morgan fingerprint density at radius 1 is 1.10 bits per heavy atom. The molecule has 11 nitrogen and oxygen atoms in total. The molecular weight excluding hydrogens is 395 g/mol. The number of benzene rings is 2. The highest BCUT2D eigenvalue weighted by Crippen LogP contribution is 2.41. The smallest absolute Gasteiger partial charge is 0.288 e. The second-order valence-corrected chi connectivity index (χ2v) is 6.52. The van der Waals surface area contributed by atoms with Crippen LogP contribution in [0.25, 0.3) is 11.3 Å². The molecule has 2 aromatic carbocycles. The summed E-state index contributed by atoms with van der Waals surface area (Å²) in [5.74, 6) is -0.173. The molecule has 3 heterocycles. The van der Waals surface area contributed by atoms with Crippen LogP contribution in [0.1, 0.15) is 17.2 Å². The number of non-ortho nitro benzene ring substituents is 1. The van der Waals surface area contributed by atoms with E-state index in [1.165, 1.54) is 41.1 Å². The fourth-order valence-electron chi connectivity index (χ4n) is 3.45. The molecule has 148 valence electrons. The molecule has 1 atom stereocenters. The maximum atomic E-state index is 13.5. The number of nitrogens with zero attached hydrogens (tertiary/aromatic N) is 6. The predicted molar refractivity (Wildman–Crippen MR) is 102 cm³/mol. The molecule has 0 aliphatic carbocycles. The molecule has 2 aromatic heterocycles. The van der Waals surface area contributed by atoms with E-state index >= 15 is 0 Å². The van der Waals surface area contributed by atoms with E-state index in [9.17, 15) is 19.3 Å². The molecular formula is C18H11FN8O3. The van der Waals surface area contributed by atoms with Crippen molar-refractivity contribution in [2.75, 3.05) is 5.32 Å². The van der Waals surface area contributed by atoms with Gasteiger partial charge in [0.1, 0.15) is 17.5 Å². The lowest BCUT2D eigenvalue weighted by Gasteiger charge is -2.27. The van der Waals surface area contributed by atoms with E-state index in [-0.39, 0.29) is 17.3 Å². The molecule has 2 N–H and O–H groups in total. The van der Waals surface area contributed by atoms with Crippen molar-refractivity contribution in [2.45, 2.75) is 6.04 Å². The Balaban J connectivity index is 1.76. The van der Waals surface area contributed by atoms with Gasteiger partial charge in [-0.25, -0.2) is 9.49 Å². The Labute approximate surface area is 166 Å². The van der Waals surface area contributed by atoms with Gasteiger partial charge in [0.05, 0.1) is 10.6 Å². The van der Waals surface area contributed by atoms with Crippen molar-refractivity contribution in [3.63, 3.8) is 0 Å². The summed E-state index contributed by atoms with van der Waals surface area (Å²) in [7, 11) is 0. The number of fused-ring (bicyclic) bond motifs is 2. The molecule has 0 spiro atoms. The van der Waals surface area contributed by atoms with Crippen molar-refractivity contribution in [2.24, 2.45) is 0 Å². The average Bonchev–Trinajstić information content (AvgIpc) is 3.22. The van der Waals surface area contributed by atoms with Crippen LogP contribution in [-0.4, -0.2) is 35.3 Å². The number of tetrazole rings is 1. The Morgan fingerprint density at radius 3 is 2.53 bits per heavy atom. The summed E-state index contributed by atoms with van der Waals surface area (Å²) in [4.78, 5) is 23.0. The largest absolute Gasteiger partial charge is 0.318 e. The number of rotatable bonds is 3. The van der Waals surface area contributed by atoms with Gasteiger partial charge >= 0.3 is 0 Å². The van der Waals surface area contributed by atoms with E-state index in [4.69, 9.17) is 0 Å². The van der Waals surface area contributed by atoms with Crippen molar-refractivity contribution in [1.82, 2.24) is 30.4 Å². The quantitative estimate of drug-likeness (QED) is 0.343. The number of halogens is 1. The van der Waals surface area contributed by atoms with Gasteiger partial charge in [0.25, 0.3) is 11.2 Å². The fourth-order valence-corrected chi connectivity index (χ4v) is 3.45. The zero-order valence-corrected chi connectivity index (χ0v) is 15.0. The summed E-state index contributed by atoms with van der Waals surface area (Å²) in [6.07, 6.45) is 0. The second kappa shape index (κ2) is 6.55. The molecule has 0 unspecified atom stereocenters. The SMILES string of the molecule is O=c1[nH]nc(-c2ccc([N+](=O)[O-])cc2)c2c1Nc1nnnn1[C@H]2c1ccc(F)cc1. The first-order valence-corrected chi connectivity index (χ1v) is 8.70. The number of aromatic nitrogens is 6. The lowest BCUT2D eigenvalue weighted by Crippen LogP contribution is -2.29. The minimum Gasteiger partial charge on any atom is -0.318 e. The Hall–Kier alpha value is -4.48. The number of aromatic amines is 1. The zero-order valence-electron chi connectivity index (χ0n) is 15.0. The molecule has 12 heteroatoms. The summed E-state index contributed by atoms with van der Waals surface area (Å²) in [5, 5.41) is 32.0. The maximum Gasteiger partial charge on any atom is 0.288 e. The summed E-state index contributed by atoms with van der Waals surface area (Å²) >= 11 is 0. The topological polar surface area (TPSA) is 145 Å². The van der Waals surface area contributed by atoms with Crippen molar-refractivity contribution >= 4 is 17.3 Å². The molecule has 0 saturated heterocycles. The molecule has 0 fully saturated rings. The number of hydrogen-bond acceptors (Lipinski definition) is 8. The van der Waals surface area contributed by atoms with Gasteiger partial charge < -0.3 is 5.32 Å². The van der Waals surface area contributed by atoms with Crippen molar-refractivity contribution in [3.05, 3.63) is 85.9 Å². The zero-order chi connectivity index (χ0) is 20.8. The number of nitrogens with one attached hydrogen (secondary N) is 2. The van der Waals surface area contributed by atoms with Crippen LogP contribution in [0, 0.1) is 15.9 Å². The highest BCUT2D eigenvalue weighted by molar-refractivity contribution is 5.75. The van der Waals surface area contributed by atoms with Crippen LogP contribution in [0.5, 0.6) is 0 Å². The van der Waals surface area contributed by atoms with E-state index in [2.05, 4.69) is 31.0 Å². The average molecular weight is 406 g/mol. The van der Waals surface area contributed by atoms with Crippen LogP contribution in [-0.2, 0) is 0 Å². The summed E-state index contributed by atoms with van der Waals surface area (Å²) < 4.78 is 15.0. The van der Waals surface area contributed by atoms with E-state index in [1.54, 1.807) is 12.1 Å². The molecule has 0 saturated carbocycles. The van der Waals surface area contributed by atoms with Crippen LogP contribution in [0.2, 0.25) is 0 Å². The summed E-state index contributed by atoms with van der Waals surface area (Å²) in [5.41, 5.74) is 1.63. The van der Waals surface area contributed by atoms with E-state index in [1.807, 2.05) is 0 Å². The second-order valence-electron chi connectivity index (χ2n) is 6.52. The van der Waals surface area contributed by atoms with Crippen molar-refractivity contribution in [1.29, 1.82) is 0 Å². The van der Waals surface area contributed by atoms with Gasteiger partial charge in [0.2, 0.25) is 5.95 Å². The van der Waals surface area contributed by atoms with Crippen molar-refractivity contribution < 1.29 is 9.31 Å². The standard InChI is InChI=1S/C18H11FN8O3/c19-11-5-1-10(2-6-11)16-13-14(9-3-7-12(8-4-9)27(29)30)21-22-17(28)15(13)20-18-23-24-25-26(16)18/h1-8,16H,(H,22,28)(H,20,23,25)/t16-/m0/s1. The highest BCUT2D eigenvalue weighted by Gasteiger charge is 2.34. The number of nitro groups is 1. The van der Waals surface area contributed by atoms with Crippen molar-refractivity contribution in [3.8, 4) is 11.3 Å². The first kappa shape index (κ1) is 17.6. The van der Waals surface area contributed by atoms with E-state index in [0.29, 0.717) is 22.4 Å². The Morgan fingerprint density at radius 2 is 1.83 bits per heavy atom. The third-order valence-corrected chi connectivity index (χ3v) is 4.81.